The van der Waals surface area contributed by atoms with Crippen molar-refractivity contribution < 1.29 is 8.42 Å². The fourth-order valence-electron chi connectivity index (χ4n) is 2.20. The maximum atomic E-state index is 12.4. The minimum atomic E-state index is -3.53. The SMILES string of the molecule is CCCCCCC(C)NS(=O)(=O)c1cnccc1NCC. The smallest absolute Gasteiger partial charge is 0.244 e. The molecule has 0 aromatic carbocycles. The second-order valence-electron chi connectivity index (χ2n) is 5.27. The maximum absolute atomic E-state index is 12.4. The Bertz CT molecular complexity index is 517. The van der Waals surface area contributed by atoms with Crippen molar-refractivity contribution in [3.05, 3.63) is 18.5 Å². The van der Waals surface area contributed by atoms with Crippen LogP contribution in [0.25, 0.3) is 0 Å². The van der Waals surface area contributed by atoms with Crippen LogP contribution >= 0.6 is 0 Å². The first-order valence-corrected chi connectivity index (χ1v) is 9.19. The Balaban J connectivity index is 2.68. The molecule has 1 rings (SSSR count). The molecule has 6 heteroatoms. The second-order valence-corrected chi connectivity index (χ2v) is 6.96. The monoisotopic (exact) mass is 313 g/mol. The summed E-state index contributed by atoms with van der Waals surface area (Å²) in [5.41, 5.74) is 0.596. The maximum Gasteiger partial charge on any atom is 0.244 e. The largest absolute Gasteiger partial charge is 0.384 e. The van der Waals surface area contributed by atoms with Crippen molar-refractivity contribution in [2.24, 2.45) is 0 Å². The van der Waals surface area contributed by atoms with Gasteiger partial charge in [-0.25, -0.2) is 13.1 Å². The van der Waals surface area contributed by atoms with E-state index in [4.69, 9.17) is 0 Å². The number of hydrogen-bond acceptors (Lipinski definition) is 4. The molecule has 1 unspecified atom stereocenters. The van der Waals surface area contributed by atoms with E-state index < -0.39 is 10.0 Å². The first kappa shape index (κ1) is 17.9. The topological polar surface area (TPSA) is 71.1 Å². The number of rotatable bonds is 10. The molecule has 2 N–H and O–H groups in total. The molecular weight excluding hydrogens is 286 g/mol. The lowest BCUT2D eigenvalue weighted by Gasteiger charge is -2.16. The highest BCUT2D eigenvalue weighted by atomic mass is 32.2. The van der Waals surface area contributed by atoms with Gasteiger partial charge in [0, 0.05) is 25.0 Å². The number of pyridine rings is 1. The minimum absolute atomic E-state index is 0.0680. The zero-order chi connectivity index (χ0) is 15.7. The van der Waals surface area contributed by atoms with E-state index in [1.807, 2.05) is 13.8 Å². The van der Waals surface area contributed by atoms with Crippen LogP contribution in [-0.4, -0.2) is 26.0 Å². The summed E-state index contributed by atoms with van der Waals surface area (Å²) < 4.78 is 27.6. The molecule has 0 spiro atoms. The molecule has 0 saturated carbocycles. The lowest BCUT2D eigenvalue weighted by Crippen LogP contribution is -2.33. The lowest BCUT2D eigenvalue weighted by molar-refractivity contribution is 0.522. The first-order valence-electron chi connectivity index (χ1n) is 7.71. The van der Waals surface area contributed by atoms with Crippen LogP contribution in [-0.2, 0) is 10.0 Å². The average molecular weight is 313 g/mol. The van der Waals surface area contributed by atoms with Crippen LogP contribution in [0.1, 0.15) is 52.9 Å². The van der Waals surface area contributed by atoms with Gasteiger partial charge in [-0.1, -0.05) is 32.6 Å². The van der Waals surface area contributed by atoms with Crippen LogP contribution in [0, 0.1) is 0 Å². The molecule has 0 fully saturated rings. The van der Waals surface area contributed by atoms with E-state index in [0.717, 1.165) is 19.3 Å². The Morgan fingerprint density at radius 3 is 2.67 bits per heavy atom. The van der Waals surface area contributed by atoms with Gasteiger partial charge in [0.1, 0.15) is 4.90 Å². The lowest BCUT2D eigenvalue weighted by atomic mass is 10.1. The van der Waals surface area contributed by atoms with E-state index in [0.29, 0.717) is 12.2 Å². The van der Waals surface area contributed by atoms with E-state index in [1.165, 1.54) is 19.0 Å². The molecule has 1 aromatic rings. The highest BCUT2D eigenvalue weighted by molar-refractivity contribution is 7.89. The minimum Gasteiger partial charge on any atom is -0.384 e. The normalized spacial score (nSPS) is 13.1. The number of anilines is 1. The standard InChI is InChI=1S/C15H27N3O2S/c1-4-6-7-8-9-13(3)18-21(19,20)15-12-16-11-10-14(15)17-5-2/h10-13,18H,4-9H2,1-3H3,(H,16,17). The zero-order valence-corrected chi connectivity index (χ0v) is 14.0. The van der Waals surface area contributed by atoms with Gasteiger partial charge in [-0.2, -0.15) is 0 Å². The van der Waals surface area contributed by atoms with Crippen LogP contribution in [0.3, 0.4) is 0 Å². The van der Waals surface area contributed by atoms with Crippen molar-refractivity contribution in [1.29, 1.82) is 0 Å². The van der Waals surface area contributed by atoms with Gasteiger partial charge in [0.15, 0.2) is 0 Å². The third kappa shape index (κ3) is 6.01. The highest BCUT2D eigenvalue weighted by Gasteiger charge is 2.20. The molecule has 0 saturated heterocycles. The molecule has 0 radical (unpaired) electrons. The van der Waals surface area contributed by atoms with Gasteiger partial charge in [0.25, 0.3) is 0 Å². The van der Waals surface area contributed by atoms with E-state index in [1.54, 1.807) is 12.3 Å². The summed E-state index contributed by atoms with van der Waals surface area (Å²) in [6.45, 7) is 6.67. The van der Waals surface area contributed by atoms with Crippen molar-refractivity contribution in [2.75, 3.05) is 11.9 Å². The second kappa shape index (κ2) is 9.00. The summed E-state index contributed by atoms with van der Waals surface area (Å²) in [4.78, 5) is 4.14. The van der Waals surface area contributed by atoms with Gasteiger partial charge >= 0.3 is 0 Å². The third-order valence-corrected chi connectivity index (χ3v) is 4.91. The summed E-state index contributed by atoms with van der Waals surface area (Å²) in [7, 11) is -3.53. The Hall–Kier alpha value is -1.14. The van der Waals surface area contributed by atoms with Gasteiger partial charge in [0.2, 0.25) is 10.0 Å². The van der Waals surface area contributed by atoms with Crippen LogP contribution in [0.5, 0.6) is 0 Å². The summed E-state index contributed by atoms with van der Waals surface area (Å²) >= 11 is 0. The predicted octanol–water partition coefficient (Wildman–Crippen LogP) is 3.15. The number of aromatic nitrogens is 1. The predicted molar refractivity (Wildman–Crippen MR) is 86.9 cm³/mol. The molecule has 120 valence electrons. The van der Waals surface area contributed by atoms with Crippen molar-refractivity contribution in [2.45, 2.75) is 63.8 Å². The van der Waals surface area contributed by atoms with Gasteiger partial charge in [-0.3, -0.25) is 4.98 Å². The van der Waals surface area contributed by atoms with Crippen molar-refractivity contribution >= 4 is 15.7 Å². The van der Waals surface area contributed by atoms with Crippen LogP contribution < -0.4 is 10.0 Å². The summed E-state index contributed by atoms with van der Waals surface area (Å²) in [6.07, 6.45) is 8.42. The number of hydrogen-bond donors (Lipinski definition) is 2. The third-order valence-electron chi connectivity index (χ3n) is 3.29. The van der Waals surface area contributed by atoms with Gasteiger partial charge in [-0.15, -0.1) is 0 Å². The molecule has 0 aliphatic carbocycles. The van der Waals surface area contributed by atoms with Crippen LogP contribution in [0.4, 0.5) is 5.69 Å². The van der Waals surface area contributed by atoms with Gasteiger partial charge in [-0.05, 0) is 26.3 Å². The molecule has 21 heavy (non-hydrogen) atoms. The zero-order valence-electron chi connectivity index (χ0n) is 13.2. The summed E-state index contributed by atoms with van der Waals surface area (Å²) in [5, 5.41) is 3.06. The Morgan fingerprint density at radius 1 is 1.24 bits per heavy atom. The quantitative estimate of drug-likeness (QED) is 0.651. The van der Waals surface area contributed by atoms with Gasteiger partial charge < -0.3 is 5.32 Å². The van der Waals surface area contributed by atoms with Gasteiger partial charge in [0.05, 0.1) is 5.69 Å². The Labute approximate surface area is 128 Å². The fourth-order valence-corrected chi connectivity index (χ4v) is 3.60. The number of nitrogens with zero attached hydrogens (tertiary/aromatic N) is 1. The molecule has 1 heterocycles. The number of nitrogens with one attached hydrogen (secondary N) is 2. The number of sulfonamides is 1. The molecule has 0 aliphatic rings. The average Bonchev–Trinajstić information content (AvgIpc) is 2.44. The number of unbranched alkanes of at least 4 members (excludes halogenated alkanes) is 3. The highest BCUT2D eigenvalue weighted by Crippen LogP contribution is 2.20. The Kier molecular flexibility index (Phi) is 7.67. The van der Waals surface area contributed by atoms with Crippen molar-refractivity contribution in [1.82, 2.24) is 9.71 Å². The molecule has 5 nitrogen and oxygen atoms in total. The van der Waals surface area contributed by atoms with E-state index in [2.05, 4.69) is 21.9 Å². The molecule has 1 atom stereocenters. The van der Waals surface area contributed by atoms with E-state index >= 15 is 0 Å². The molecule has 0 aliphatic heterocycles. The molecular formula is C15H27N3O2S. The fraction of sp³-hybridized carbons (Fsp3) is 0.667. The molecule has 0 bridgehead atoms. The summed E-state index contributed by atoms with van der Waals surface area (Å²) in [6, 6.07) is 1.62. The molecule has 0 amide bonds. The van der Waals surface area contributed by atoms with E-state index in [-0.39, 0.29) is 10.9 Å². The Morgan fingerprint density at radius 2 is 2.00 bits per heavy atom. The van der Waals surface area contributed by atoms with Crippen LogP contribution in [0.15, 0.2) is 23.4 Å². The summed E-state index contributed by atoms with van der Waals surface area (Å²) in [5.74, 6) is 0. The van der Waals surface area contributed by atoms with E-state index in [9.17, 15) is 8.42 Å². The molecule has 1 aromatic heterocycles. The van der Waals surface area contributed by atoms with Crippen molar-refractivity contribution in [3.8, 4) is 0 Å². The first-order chi connectivity index (χ1) is 10.0. The van der Waals surface area contributed by atoms with Crippen LogP contribution in [0.2, 0.25) is 0 Å². The van der Waals surface area contributed by atoms with Crippen molar-refractivity contribution in [3.63, 3.8) is 0 Å².